The van der Waals surface area contributed by atoms with E-state index in [-0.39, 0.29) is 0 Å². The minimum Gasteiger partial charge on any atom is -0.397 e. The van der Waals surface area contributed by atoms with Crippen molar-refractivity contribution >= 4 is 17.3 Å². The van der Waals surface area contributed by atoms with Crippen LogP contribution in [0.3, 0.4) is 0 Å². The fraction of sp³-hybridized carbons (Fsp3) is 0.0714. The van der Waals surface area contributed by atoms with Gasteiger partial charge in [0.1, 0.15) is 0 Å². The minimum atomic E-state index is 0.397. The summed E-state index contributed by atoms with van der Waals surface area (Å²) in [7, 11) is 0. The van der Waals surface area contributed by atoms with E-state index in [4.69, 9.17) is 21.9 Å². The van der Waals surface area contributed by atoms with E-state index in [9.17, 15) is 0 Å². The predicted octanol–water partition coefficient (Wildman–Crippen LogP) is 2.96. The van der Waals surface area contributed by atoms with Crippen LogP contribution in [0.4, 0.5) is 5.69 Å². The summed E-state index contributed by atoms with van der Waals surface area (Å²) in [4.78, 5) is 8.27. The lowest BCUT2D eigenvalue weighted by molar-refractivity contribution is 0.424. The average molecular weight is 287 g/mol. The van der Waals surface area contributed by atoms with E-state index in [1.807, 2.05) is 24.3 Å². The summed E-state index contributed by atoms with van der Waals surface area (Å²) >= 11 is 5.85. The second-order valence-corrected chi connectivity index (χ2v) is 4.72. The molecule has 0 saturated heterocycles. The van der Waals surface area contributed by atoms with Gasteiger partial charge < -0.3 is 10.3 Å². The van der Waals surface area contributed by atoms with Gasteiger partial charge in [0.2, 0.25) is 0 Å². The van der Waals surface area contributed by atoms with Crippen LogP contribution in [0, 0.1) is 0 Å². The first-order chi connectivity index (χ1) is 9.72. The molecule has 0 bridgehead atoms. The maximum Gasteiger partial charge on any atom is 0.260 e. The maximum atomic E-state index is 5.85. The van der Waals surface area contributed by atoms with E-state index in [0.29, 0.717) is 34.4 Å². The van der Waals surface area contributed by atoms with Crippen LogP contribution in [0.2, 0.25) is 5.02 Å². The Morgan fingerprint density at radius 2 is 1.95 bits per heavy atom. The normalized spacial score (nSPS) is 10.7. The topological polar surface area (TPSA) is 77.8 Å². The fourth-order valence-electron chi connectivity index (χ4n) is 1.82. The van der Waals surface area contributed by atoms with Crippen LogP contribution in [-0.2, 0) is 6.42 Å². The number of anilines is 1. The van der Waals surface area contributed by atoms with Gasteiger partial charge in [0.25, 0.3) is 5.89 Å². The van der Waals surface area contributed by atoms with Crippen molar-refractivity contribution in [3.05, 3.63) is 59.1 Å². The van der Waals surface area contributed by atoms with Crippen molar-refractivity contribution in [3.63, 3.8) is 0 Å². The molecule has 1 aromatic carbocycles. The number of nitrogens with two attached hydrogens (primary N) is 1. The highest BCUT2D eigenvalue weighted by Gasteiger charge is 2.11. The van der Waals surface area contributed by atoms with Crippen LogP contribution in [0.1, 0.15) is 11.4 Å². The molecule has 0 fully saturated rings. The smallest absolute Gasteiger partial charge is 0.260 e. The lowest BCUT2D eigenvalue weighted by Crippen LogP contribution is -1.92. The van der Waals surface area contributed by atoms with E-state index in [1.165, 1.54) is 0 Å². The zero-order chi connectivity index (χ0) is 13.9. The molecule has 3 aromatic rings. The molecular formula is C14H11ClN4O. The Morgan fingerprint density at radius 1 is 1.15 bits per heavy atom. The Bertz CT molecular complexity index is 724. The monoisotopic (exact) mass is 286 g/mol. The van der Waals surface area contributed by atoms with Crippen LogP contribution < -0.4 is 5.73 Å². The summed E-state index contributed by atoms with van der Waals surface area (Å²) in [6.45, 7) is 0. The van der Waals surface area contributed by atoms with Crippen LogP contribution in [-0.4, -0.2) is 15.1 Å². The highest BCUT2D eigenvalue weighted by Crippen LogP contribution is 2.23. The van der Waals surface area contributed by atoms with Crippen molar-refractivity contribution in [3.8, 4) is 11.5 Å². The third-order valence-corrected chi connectivity index (χ3v) is 3.08. The molecule has 2 N–H and O–H groups in total. The number of rotatable bonds is 3. The molecule has 0 spiro atoms. The molecule has 5 nitrogen and oxygen atoms in total. The molecule has 0 atom stereocenters. The molecule has 0 aliphatic heterocycles. The van der Waals surface area contributed by atoms with Crippen molar-refractivity contribution in [2.24, 2.45) is 0 Å². The molecule has 2 aromatic heterocycles. The molecule has 2 heterocycles. The summed E-state index contributed by atoms with van der Waals surface area (Å²) in [5, 5.41) is 4.66. The first-order valence-corrected chi connectivity index (χ1v) is 6.37. The number of benzene rings is 1. The van der Waals surface area contributed by atoms with Crippen LogP contribution in [0.25, 0.3) is 11.5 Å². The van der Waals surface area contributed by atoms with Crippen molar-refractivity contribution < 1.29 is 4.52 Å². The van der Waals surface area contributed by atoms with E-state index in [2.05, 4.69) is 15.1 Å². The first-order valence-electron chi connectivity index (χ1n) is 5.99. The van der Waals surface area contributed by atoms with Gasteiger partial charge in [-0.3, -0.25) is 4.98 Å². The molecule has 6 heteroatoms. The van der Waals surface area contributed by atoms with E-state index < -0.39 is 0 Å². The molecule has 0 amide bonds. The molecular weight excluding hydrogens is 276 g/mol. The summed E-state index contributed by atoms with van der Waals surface area (Å²) in [5.74, 6) is 0.993. The average Bonchev–Trinajstić information content (AvgIpc) is 2.90. The lowest BCUT2D eigenvalue weighted by Gasteiger charge is -1.97. The van der Waals surface area contributed by atoms with Gasteiger partial charge in [-0.25, -0.2) is 0 Å². The Morgan fingerprint density at radius 3 is 2.70 bits per heavy atom. The van der Waals surface area contributed by atoms with Gasteiger partial charge in [0, 0.05) is 17.6 Å². The van der Waals surface area contributed by atoms with Crippen LogP contribution in [0.15, 0.2) is 47.2 Å². The van der Waals surface area contributed by atoms with Gasteiger partial charge in [-0.1, -0.05) is 28.9 Å². The Hall–Kier alpha value is -2.40. The minimum absolute atomic E-state index is 0.397. The number of pyridine rings is 1. The van der Waals surface area contributed by atoms with Crippen LogP contribution >= 0.6 is 11.6 Å². The van der Waals surface area contributed by atoms with Gasteiger partial charge in [-0.2, -0.15) is 4.98 Å². The van der Waals surface area contributed by atoms with Crippen molar-refractivity contribution in [1.29, 1.82) is 0 Å². The van der Waals surface area contributed by atoms with E-state index >= 15 is 0 Å². The Kier molecular flexibility index (Phi) is 3.35. The van der Waals surface area contributed by atoms with Crippen molar-refractivity contribution in [2.45, 2.75) is 6.42 Å². The van der Waals surface area contributed by atoms with Gasteiger partial charge in [-0.05, 0) is 23.8 Å². The van der Waals surface area contributed by atoms with Crippen LogP contribution in [0.5, 0.6) is 0 Å². The van der Waals surface area contributed by atoms with Gasteiger partial charge in [-0.15, -0.1) is 0 Å². The molecule has 20 heavy (non-hydrogen) atoms. The highest BCUT2D eigenvalue weighted by atomic mass is 35.5. The third kappa shape index (κ3) is 2.62. The second-order valence-electron chi connectivity index (χ2n) is 4.28. The summed E-state index contributed by atoms with van der Waals surface area (Å²) in [6.07, 6.45) is 3.76. The fourth-order valence-corrected chi connectivity index (χ4v) is 1.95. The quantitative estimate of drug-likeness (QED) is 0.801. The molecule has 0 unspecified atom stereocenters. The Labute approximate surface area is 120 Å². The molecule has 100 valence electrons. The number of hydrogen-bond acceptors (Lipinski definition) is 5. The molecule has 0 aliphatic carbocycles. The maximum absolute atomic E-state index is 5.85. The number of hydrogen-bond donors (Lipinski definition) is 1. The summed E-state index contributed by atoms with van der Waals surface area (Å²) < 4.78 is 5.23. The van der Waals surface area contributed by atoms with Crippen molar-refractivity contribution in [2.75, 3.05) is 5.73 Å². The largest absolute Gasteiger partial charge is 0.397 e. The van der Waals surface area contributed by atoms with E-state index in [1.54, 1.807) is 18.5 Å². The van der Waals surface area contributed by atoms with Gasteiger partial charge in [0.05, 0.1) is 17.4 Å². The first kappa shape index (κ1) is 12.6. The third-order valence-electron chi connectivity index (χ3n) is 2.83. The second kappa shape index (κ2) is 5.30. The van der Waals surface area contributed by atoms with Crippen molar-refractivity contribution in [1.82, 2.24) is 15.1 Å². The highest BCUT2D eigenvalue weighted by molar-refractivity contribution is 6.30. The Balaban J connectivity index is 1.84. The molecule has 0 saturated carbocycles. The zero-order valence-electron chi connectivity index (χ0n) is 10.5. The molecule has 0 aliphatic rings. The number of nitrogens with zero attached hydrogens (tertiary/aromatic N) is 3. The van der Waals surface area contributed by atoms with E-state index in [0.717, 1.165) is 5.56 Å². The molecule has 0 radical (unpaired) electrons. The summed E-state index contributed by atoms with van der Waals surface area (Å²) in [5.41, 5.74) is 8.08. The number of halogens is 1. The molecule has 3 rings (SSSR count). The number of nitrogen functional groups attached to an aromatic ring is 1. The standard InChI is InChI=1S/C14H11ClN4O/c15-10-3-1-9(2-4-10)7-13-18-14(20-19-13)11-5-6-17-8-12(11)16/h1-6,8H,7,16H2. The van der Waals surface area contributed by atoms with Gasteiger partial charge >= 0.3 is 0 Å². The number of aromatic nitrogens is 3. The zero-order valence-corrected chi connectivity index (χ0v) is 11.2. The summed E-state index contributed by atoms with van der Waals surface area (Å²) in [6, 6.07) is 9.27. The lowest BCUT2D eigenvalue weighted by atomic mass is 10.1. The predicted molar refractivity (Wildman–Crippen MR) is 76.2 cm³/mol. The SMILES string of the molecule is Nc1cnccc1-c1nc(Cc2ccc(Cl)cc2)no1. The van der Waals surface area contributed by atoms with Gasteiger partial charge in [0.15, 0.2) is 5.82 Å².